The zero-order valence-electron chi connectivity index (χ0n) is 14.2. The minimum absolute atomic E-state index is 0.411. The van der Waals surface area contributed by atoms with Gasteiger partial charge in [0.15, 0.2) is 0 Å². The Balaban J connectivity index is 1.73. The first-order chi connectivity index (χ1) is 11.1. The smallest absolute Gasteiger partial charge is 0.134 e. The van der Waals surface area contributed by atoms with E-state index in [0.29, 0.717) is 12.0 Å². The van der Waals surface area contributed by atoms with E-state index in [2.05, 4.69) is 66.0 Å². The molecular formula is C19H24N4. The van der Waals surface area contributed by atoms with Crippen molar-refractivity contribution in [2.24, 2.45) is 0 Å². The average Bonchev–Trinajstić information content (AvgIpc) is 3.36. The van der Waals surface area contributed by atoms with Crippen LogP contribution < -0.4 is 9.80 Å². The molecule has 0 saturated heterocycles. The van der Waals surface area contributed by atoms with Crippen LogP contribution in [-0.2, 0) is 6.54 Å². The van der Waals surface area contributed by atoms with Crippen LogP contribution in [-0.4, -0.2) is 29.6 Å². The Morgan fingerprint density at radius 2 is 1.91 bits per heavy atom. The van der Waals surface area contributed by atoms with Gasteiger partial charge in [0.25, 0.3) is 0 Å². The second kappa shape index (κ2) is 5.52. The Morgan fingerprint density at radius 1 is 1.13 bits per heavy atom. The molecular weight excluding hydrogens is 284 g/mol. The largest absolute Gasteiger partial charge is 0.372 e. The van der Waals surface area contributed by atoms with Crippen molar-refractivity contribution in [3.63, 3.8) is 0 Å². The Morgan fingerprint density at radius 3 is 2.70 bits per heavy atom. The molecule has 2 heterocycles. The number of hydrogen-bond donors (Lipinski definition) is 0. The minimum atomic E-state index is 0.411. The van der Waals surface area contributed by atoms with Crippen molar-refractivity contribution in [1.82, 2.24) is 9.97 Å². The predicted molar refractivity (Wildman–Crippen MR) is 94.1 cm³/mol. The maximum atomic E-state index is 4.91. The van der Waals surface area contributed by atoms with Crippen molar-refractivity contribution in [3.8, 4) is 0 Å². The molecule has 1 aromatic heterocycles. The number of nitrogens with zero attached hydrogens (tertiary/aromatic N) is 4. The Bertz CT molecular complexity index is 723. The van der Waals surface area contributed by atoms with E-state index in [4.69, 9.17) is 4.98 Å². The highest BCUT2D eigenvalue weighted by Gasteiger charge is 2.29. The van der Waals surface area contributed by atoms with Crippen molar-refractivity contribution >= 4 is 11.5 Å². The number of fused-ring (bicyclic) bond motifs is 1. The molecule has 120 valence electrons. The Kier molecular flexibility index (Phi) is 3.47. The van der Waals surface area contributed by atoms with Crippen LogP contribution >= 0.6 is 0 Å². The fourth-order valence-electron chi connectivity index (χ4n) is 3.50. The van der Waals surface area contributed by atoms with Crippen LogP contribution in [0.4, 0.5) is 11.5 Å². The zero-order chi connectivity index (χ0) is 16.0. The first-order valence-electron chi connectivity index (χ1n) is 8.53. The van der Waals surface area contributed by atoms with Crippen molar-refractivity contribution in [1.29, 1.82) is 0 Å². The number of likely N-dealkylation sites (N-methyl/N-ethyl adjacent to an activating group) is 1. The van der Waals surface area contributed by atoms with Crippen molar-refractivity contribution in [2.45, 2.75) is 45.2 Å². The molecule has 1 fully saturated rings. The van der Waals surface area contributed by atoms with Gasteiger partial charge in [-0.15, -0.1) is 0 Å². The van der Waals surface area contributed by atoms with Gasteiger partial charge in [0.05, 0.1) is 0 Å². The molecule has 0 N–H and O–H groups in total. The van der Waals surface area contributed by atoms with Gasteiger partial charge in [0, 0.05) is 49.5 Å². The zero-order valence-corrected chi connectivity index (χ0v) is 14.2. The molecule has 23 heavy (non-hydrogen) atoms. The molecule has 4 heteroatoms. The molecule has 1 aromatic carbocycles. The highest BCUT2D eigenvalue weighted by atomic mass is 15.3. The van der Waals surface area contributed by atoms with Gasteiger partial charge >= 0.3 is 0 Å². The molecule has 0 spiro atoms. The summed E-state index contributed by atoms with van der Waals surface area (Å²) in [5.41, 5.74) is 3.77. The lowest BCUT2D eigenvalue weighted by Crippen LogP contribution is -2.38. The first-order valence-corrected chi connectivity index (χ1v) is 8.53. The molecule has 0 radical (unpaired) electrons. The number of anilines is 2. The summed E-state index contributed by atoms with van der Waals surface area (Å²) >= 11 is 0. The number of benzene rings is 1. The molecule has 1 aliphatic carbocycles. The van der Waals surface area contributed by atoms with E-state index in [0.717, 1.165) is 30.4 Å². The number of para-hydroxylation sites is 1. The molecule has 4 nitrogen and oxygen atoms in total. The molecule has 1 saturated carbocycles. The normalized spacial score (nSPS) is 21.1. The minimum Gasteiger partial charge on any atom is -0.372 e. The lowest BCUT2D eigenvalue weighted by Gasteiger charge is -2.30. The van der Waals surface area contributed by atoms with Gasteiger partial charge in [-0.3, -0.25) is 0 Å². The van der Waals surface area contributed by atoms with Gasteiger partial charge in [-0.1, -0.05) is 18.2 Å². The van der Waals surface area contributed by atoms with E-state index in [1.54, 1.807) is 0 Å². The highest BCUT2D eigenvalue weighted by Crippen LogP contribution is 2.39. The standard InChI is InChI=1S/C19H24N4/c1-13-10-18(21-19(20-13)15-8-9-15)23-12-16-6-4-5-7-17(16)22(3)11-14(23)2/h4-7,10,14-15H,8-9,11-12H2,1-3H3/t14-/m1/s1. The summed E-state index contributed by atoms with van der Waals surface area (Å²) in [5.74, 6) is 2.71. The third-order valence-corrected chi connectivity index (χ3v) is 4.91. The lowest BCUT2D eigenvalue weighted by molar-refractivity contribution is 0.632. The molecule has 1 aliphatic heterocycles. The topological polar surface area (TPSA) is 32.3 Å². The van der Waals surface area contributed by atoms with Crippen LogP contribution in [0, 0.1) is 6.92 Å². The van der Waals surface area contributed by atoms with Crippen molar-refractivity contribution in [3.05, 3.63) is 47.4 Å². The maximum Gasteiger partial charge on any atom is 0.134 e. The summed E-state index contributed by atoms with van der Waals surface area (Å²) in [4.78, 5) is 14.3. The summed E-state index contributed by atoms with van der Waals surface area (Å²) in [5, 5.41) is 0. The van der Waals surface area contributed by atoms with E-state index in [1.165, 1.54) is 24.1 Å². The van der Waals surface area contributed by atoms with Crippen LogP contribution in [0.1, 0.15) is 42.8 Å². The summed E-state index contributed by atoms with van der Waals surface area (Å²) in [6, 6.07) is 11.2. The number of rotatable bonds is 2. The van der Waals surface area contributed by atoms with Crippen molar-refractivity contribution in [2.75, 3.05) is 23.4 Å². The molecule has 0 amide bonds. The fraction of sp³-hybridized carbons (Fsp3) is 0.474. The summed E-state index contributed by atoms with van der Waals surface area (Å²) < 4.78 is 0. The van der Waals surface area contributed by atoms with Gasteiger partial charge in [0.2, 0.25) is 0 Å². The second-order valence-corrected chi connectivity index (χ2v) is 6.99. The predicted octanol–water partition coefficient (Wildman–Crippen LogP) is 3.51. The third-order valence-electron chi connectivity index (χ3n) is 4.91. The highest BCUT2D eigenvalue weighted by molar-refractivity contribution is 5.57. The number of aromatic nitrogens is 2. The number of hydrogen-bond acceptors (Lipinski definition) is 4. The van der Waals surface area contributed by atoms with E-state index in [-0.39, 0.29) is 0 Å². The lowest BCUT2D eigenvalue weighted by atomic mass is 10.1. The fourth-order valence-corrected chi connectivity index (χ4v) is 3.50. The summed E-state index contributed by atoms with van der Waals surface area (Å²) in [6.07, 6.45) is 2.48. The maximum absolute atomic E-state index is 4.91. The van der Waals surface area contributed by atoms with Crippen LogP contribution in [0.5, 0.6) is 0 Å². The van der Waals surface area contributed by atoms with E-state index >= 15 is 0 Å². The first kappa shape index (κ1) is 14.5. The molecule has 1 atom stereocenters. The van der Waals surface area contributed by atoms with Crippen LogP contribution in [0.25, 0.3) is 0 Å². The molecule has 4 rings (SSSR count). The SMILES string of the molecule is Cc1cc(N2Cc3ccccc3N(C)C[C@H]2C)nc(C2CC2)n1. The Hall–Kier alpha value is -2.10. The third kappa shape index (κ3) is 2.78. The summed E-state index contributed by atoms with van der Waals surface area (Å²) in [6.45, 7) is 6.28. The number of aryl methyl sites for hydroxylation is 1. The van der Waals surface area contributed by atoms with Gasteiger partial charge in [-0.25, -0.2) is 9.97 Å². The van der Waals surface area contributed by atoms with Crippen molar-refractivity contribution < 1.29 is 0 Å². The molecule has 0 unspecified atom stereocenters. The molecule has 2 aliphatic rings. The molecule has 0 bridgehead atoms. The average molecular weight is 308 g/mol. The van der Waals surface area contributed by atoms with Gasteiger partial charge in [-0.05, 0) is 38.3 Å². The van der Waals surface area contributed by atoms with Gasteiger partial charge in [0.1, 0.15) is 11.6 Å². The Labute approximate surface area is 138 Å². The monoisotopic (exact) mass is 308 g/mol. The van der Waals surface area contributed by atoms with E-state index in [9.17, 15) is 0 Å². The van der Waals surface area contributed by atoms with Gasteiger partial charge in [-0.2, -0.15) is 0 Å². The van der Waals surface area contributed by atoms with E-state index in [1.807, 2.05) is 0 Å². The van der Waals surface area contributed by atoms with Crippen LogP contribution in [0.3, 0.4) is 0 Å². The van der Waals surface area contributed by atoms with E-state index < -0.39 is 0 Å². The summed E-state index contributed by atoms with van der Waals surface area (Å²) in [7, 11) is 2.18. The van der Waals surface area contributed by atoms with Crippen LogP contribution in [0.2, 0.25) is 0 Å². The second-order valence-electron chi connectivity index (χ2n) is 6.99. The van der Waals surface area contributed by atoms with Crippen LogP contribution in [0.15, 0.2) is 30.3 Å². The molecule has 2 aromatic rings. The van der Waals surface area contributed by atoms with Gasteiger partial charge < -0.3 is 9.80 Å². The quantitative estimate of drug-likeness (QED) is 0.850.